The quantitative estimate of drug-likeness (QED) is 0.196. The SMILES string of the molecule is Cc1ccc(-c2c(C)ccc3c2Cc2ccccc2C3(C)C)cc1-c1cc(-c2c(C)ccc3c2oc2nc4ccccc4n23)ccc1C. The molecule has 0 unspecified atom stereocenters. The van der Waals surface area contributed by atoms with Crippen molar-refractivity contribution in [2.45, 2.75) is 53.4 Å². The van der Waals surface area contributed by atoms with Crippen LogP contribution in [0.2, 0.25) is 0 Å². The molecule has 0 amide bonds. The number of hydrogen-bond donors (Lipinski definition) is 0. The molecular weight excluding hydrogens is 585 g/mol. The van der Waals surface area contributed by atoms with Crippen molar-refractivity contribution in [2.24, 2.45) is 0 Å². The molecule has 2 heterocycles. The summed E-state index contributed by atoms with van der Waals surface area (Å²) in [5.41, 5.74) is 22.1. The summed E-state index contributed by atoms with van der Waals surface area (Å²) >= 11 is 0. The molecule has 3 nitrogen and oxygen atoms in total. The molecule has 234 valence electrons. The number of oxazole rings is 1. The Morgan fingerprint density at radius 1 is 0.604 bits per heavy atom. The molecule has 0 N–H and O–H groups in total. The van der Waals surface area contributed by atoms with Crippen molar-refractivity contribution in [3.8, 4) is 33.4 Å². The number of aryl methyl sites for hydroxylation is 4. The van der Waals surface area contributed by atoms with E-state index in [1.165, 1.54) is 66.8 Å². The van der Waals surface area contributed by atoms with Crippen LogP contribution < -0.4 is 0 Å². The van der Waals surface area contributed by atoms with Gasteiger partial charge in [-0.3, -0.25) is 4.40 Å². The smallest absolute Gasteiger partial charge is 0.307 e. The van der Waals surface area contributed by atoms with Gasteiger partial charge in [0.15, 0.2) is 5.58 Å². The van der Waals surface area contributed by atoms with Gasteiger partial charge in [-0.1, -0.05) is 92.7 Å². The second-order valence-corrected chi connectivity index (χ2v) is 14.2. The molecule has 3 heteroatoms. The van der Waals surface area contributed by atoms with E-state index < -0.39 is 0 Å². The Hall–Kier alpha value is -5.41. The van der Waals surface area contributed by atoms with E-state index in [9.17, 15) is 0 Å². The van der Waals surface area contributed by atoms with Gasteiger partial charge < -0.3 is 4.42 Å². The van der Waals surface area contributed by atoms with Crippen molar-refractivity contribution in [3.63, 3.8) is 0 Å². The summed E-state index contributed by atoms with van der Waals surface area (Å²) in [7, 11) is 0. The molecule has 0 bridgehead atoms. The molecule has 0 atom stereocenters. The number of nitrogens with zero attached hydrogens (tertiary/aromatic N) is 2. The number of fused-ring (bicyclic) bond motifs is 7. The van der Waals surface area contributed by atoms with Gasteiger partial charge in [0.1, 0.15) is 0 Å². The molecule has 1 aliphatic rings. The summed E-state index contributed by atoms with van der Waals surface area (Å²) in [6, 6.07) is 40.1. The third-order valence-electron chi connectivity index (χ3n) is 10.9. The van der Waals surface area contributed by atoms with Gasteiger partial charge in [0.25, 0.3) is 0 Å². The van der Waals surface area contributed by atoms with Crippen LogP contribution in [0.3, 0.4) is 0 Å². The number of benzene rings is 6. The van der Waals surface area contributed by atoms with Gasteiger partial charge in [-0.25, -0.2) is 0 Å². The lowest BCUT2D eigenvalue weighted by atomic mass is 9.67. The van der Waals surface area contributed by atoms with Crippen LogP contribution in [0.1, 0.15) is 58.4 Å². The first-order chi connectivity index (χ1) is 23.2. The highest BCUT2D eigenvalue weighted by molar-refractivity contribution is 5.98. The van der Waals surface area contributed by atoms with E-state index >= 15 is 0 Å². The van der Waals surface area contributed by atoms with Gasteiger partial charge >= 0.3 is 5.84 Å². The standard InChI is InChI=1S/C45H38N2O/c1-26-15-19-31(41-28(3)17-21-37-35(41)23-30-11-7-8-12-36(30)45(37,5)6)24-33(26)34-25-32(20-16-27(34)2)42-29(4)18-22-40-43(42)48-44-46-38-13-9-10-14-39(38)47(40)44/h7-22,24-25H,23H2,1-6H3. The summed E-state index contributed by atoms with van der Waals surface area (Å²) in [4.78, 5) is 4.80. The average molecular weight is 623 g/mol. The summed E-state index contributed by atoms with van der Waals surface area (Å²) in [5, 5.41) is 0. The molecule has 0 radical (unpaired) electrons. The fraction of sp³-hybridized carbons (Fsp3) is 0.178. The minimum Gasteiger partial charge on any atom is -0.422 e. The van der Waals surface area contributed by atoms with Crippen LogP contribution in [0.25, 0.3) is 61.4 Å². The van der Waals surface area contributed by atoms with E-state index in [0.29, 0.717) is 5.84 Å². The van der Waals surface area contributed by atoms with Crippen molar-refractivity contribution >= 4 is 28.0 Å². The number of hydrogen-bond acceptors (Lipinski definition) is 2. The number of aromatic nitrogens is 2. The first-order valence-electron chi connectivity index (χ1n) is 16.9. The molecule has 0 spiro atoms. The lowest BCUT2D eigenvalue weighted by Crippen LogP contribution is -2.27. The fourth-order valence-corrected chi connectivity index (χ4v) is 8.40. The van der Waals surface area contributed by atoms with Crippen LogP contribution in [-0.2, 0) is 11.8 Å². The predicted octanol–water partition coefficient (Wildman–Crippen LogP) is 11.7. The molecule has 0 aliphatic heterocycles. The zero-order valence-electron chi connectivity index (χ0n) is 28.4. The van der Waals surface area contributed by atoms with E-state index in [1.54, 1.807) is 0 Å². The maximum Gasteiger partial charge on any atom is 0.307 e. The molecule has 2 aromatic heterocycles. The fourth-order valence-electron chi connectivity index (χ4n) is 8.40. The third kappa shape index (κ3) is 4.10. The zero-order valence-corrected chi connectivity index (χ0v) is 28.4. The van der Waals surface area contributed by atoms with Gasteiger partial charge in [0, 0.05) is 11.0 Å². The molecule has 9 rings (SSSR count). The lowest BCUT2D eigenvalue weighted by molar-refractivity contribution is 0.611. The highest BCUT2D eigenvalue weighted by Gasteiger charge is 2.34. The predicted molar refractivity (Wildman–Crippen MR) is 199 cm³/mol. The maximum absolute atomic E-state index is 6.54. The van der Waals surface area contributed by atoms with Crippen LogP contribution in [0, 0.1) is 27.7 Å². The number of rotatable bonds is 3. The van der Waals surface area contributed by atoms with Crippen LogP contribution >= 0.6 is 0 Å². The van der Waals surface area contributed by atoms with Crippen LogP contribution in [0.5, 0.6) is 0 Å². The highest BCUT2D eigenvalue weighted by atomic mass is 16.4. The topological polar surface area (TPSA) is 30.4 Å². The first kappa shape index (κ1) is 28.8. The molecule has 0 fully saturated rings. The van der Waals surface area contributed by atoms with Crippen molar-refractivity contribution in [2.75, 3.05) is 0 Å². The molecule has 1 aliphatic carbocycles. The molecule has 48 heavy (non-hydrogen) atoms. The first-order valence-corrected chi connectivity index (χ1v) is 16.9. The second-order valence-electron chi connectivity index (χ2n) is 14.2. The summed E-state index contributed by atoms with van der Waals surface area (Å²) < 4.78 is 8.68. The molecule has 0 saturated heterocycles. The molecule has 0 saturated carbocycles. The Bertz CT molecular complexity index is 2610. The van der Waals surface area contributed by atoms with Gasteiger partial charge in [-0.05, 0) is 137 Å². The van der Waals surface area contributed by atoms with Crippen molar-refractivity contribution in [1.29, 1.82) is 0 Å². The Balaban J connectivity index is 1.21. The van der Waals surface area contributed by atoms with Gasteiger partial charge in [0.2, 0.25) is 0 Å². The summed E-state index contributed by atoms with van der Waals surface area (Å²) in [6.45, 7) is 13.6. The monoisotopic (exact) mass is 622 g/mol. The minimum atomic E-state index is -0.0519. The van der Waals surface area contributed by atoms with Crippen LogP contribution in [0.15, 0.2) is 114 Å². The average Bonchev–Trinajstić information content (AvgIpc) is 3.62. The van der Waals surface area contributed by atoms with Gasteiger partial charge in [0.05, 0.1) is 16.6 Å². The molecular formula is C45H38N2O. The van der Waals surface area contributed by atoms with Gasteiger partial charge in [-0.2, -0.15) is 4.98 Å². The Labute approximate surface area is 281 Å². The minimum absolute atomic E-state index is 0.0519. The van der Waals surface area contributed by atoms with E-state index in [0.717, 1.165) is 39.7 Å². The van der Waals surface area contributed by atoms with Crippen LogP contribution in [0.4, 0.5) is 0 Å². The van der Waals surface area contributed by atoms with Crippen molar-refractivity contribution in [1.82, 2.24) is 9.38 Å². The highest BCUT2D eigenvalue weighted by Crippen LogP contribution is 2.46. The van der Waals surface area contributed by atoms with E-state index in [4.69, 9.17) is 9.40 Å². The molecule has 8 aromatic rings. The third-order valence-corrected chi connectivity index (χ3v) is 10.9. The Morgan fingerprint density at radius 3 is 2.00 bits per heavy atom. The van der Waals surface area contributed by atoms with Crippen LogP contribution in [-0.4, -0.2) is 9.38 Å². The lowest BCUT2D eigenvalue weighted by Gasteiger charge is -2.37. The normalized spacial score (nSPS) is 13.7. The zero-order chi connectivity index (χ0) is 32.9. The van der Waals surface area contributed by atoms with Crippen molar-refractivity contribution < 1.29 is 4.42 Å². The summed E-state index contributed by atoms with van der Waals surface area (Å²) in [6.07, 6.45) is 0.953. The summed E-state index contributed by atoms with van der Waals surface area (Å²) in [5.74, 6) is 0.626. The molecule has 6 aromatic carbocycles. The van der Waals surface area contributed by atoms with E-state index in [1.807, 2.05) is 12.1 Å². The Morgan fingerprint density at radius 2 is 1.23 bits per heavy atom. The maximum atomic E-state index is 6.54. The van der Waals surface area contributed by atoms with E-state index in [-0.39, 0.29) is 5.41 Å². The van der Waals surface area contributed by atoms with Gasteiger partial charge in [-0.15, -0.1) is 0 Å². The van der Waals surface area contributed by atoms with E-state index in [2.05, 4.69) is 143 Å². The number of imidazole rings is 1. The number of para-hydroxylation sites is 2. The second kappa shape index (κ2) is 10.3. The largest absolute Gasteiger partial charge is 0.422 e. The van der Waals surface area contributed by atoms with Crippen molar-refractivity contribution in [3.05, 3.63) is 154 Å². The Kier molecular flexibility index (Phi) is 6.17.